The van der Waals surface area contributed by atoms with E-state index in [1.165, 1.54) is 23.1 Å². The summed E-state index contributed by atoms with van der Waals surface area (Å²) in [5, 5.41) is 17.4. The van der Waals surface area contributed by atoms with Crippen molar-refractivity contribution >= 4 is 22.5 Å². The average Bonchev–Trinajstić information content (AvgIpc) is 3.06. The molecule has 0 radical (unpaired) electrons. The molecule has 0 aliphatic carbocycles. The second-order valence-electron chi connectivity index (χ2n) is 5.58. The van der Waals surface area contributed by atoms with Gasteiger partial charge in [0.15, 0.2) is 0 Å². The van der Waals surface area contributed by atoms with Crippen molar-refractivity contribution in [3.63, 3.8) is 0 Å². The summed E-state index contributed by atoms with van der Waals surface area (Å²) in [6.07, 6.45) is 4.69. The van der Waals surface area contributed by atoms with Gasteiger partial charge in [-0.15, -0.1) is 0 Å². The number of anilines is 2. The molecule has 0 bridgehead atoms. The number of hydrogen-bond donors (Lipinski definition) is 1. The Kier molecular flexibility index (Phi) is 3.74. The van der Waals surface area contributed by atoms with E-state index in [1.54, 1.807) is 30.6 Å². The Bertz CT molecular complexity index is 1160. The van der Waals surface area contributed by atoms with Crippen LogP contribution in [-0.2, 0) is 0 Å². The van der Waals surface area contributed by atoms with Crippen LogP contribution in [0.2, 0.25) is 0 Å². The summed E-state index contributed by atoms with van der Waals surface area (Å²) in [4.78, 5) is 12.5. The van der Waals surface area contributed by atoms with Crippen LogP contribution in [0.1, 0.15) is 11.3 Å². The van der Waals surface area contributed by atoms with E-state index in [2.05, 4.69) is 25.4 Å². The van der Waals surface area contributed by atoms with Crippen LogP contribution in [0.4, 0.5) is 16.0 Å². The highest BCUT2D eigenvalue weighted by molar-refractivity contribution is 5.90. The van der Waals surface area contributed by atoms with Gasteiger partial charge in [-0.2, -0.15) is 10.4 Å². The molecule has 26 heavy (non-hydrogen) atoms. The number of benzene rings is 1. The van der Waals surface area contributed by atoms with Crippen molar-refractivity contribution in [2.45, 2.75) is 6.92 Å². The van der Waals surface area contributed by atoms with Gasteiger partial charge in [0.05, 0.1) is 16.5 Å². The third-order valence-electron chi connectivity index (χ3n) is 3.82. The van der Waals surface area contributed by atoms with Crippen molar-refractivity contribution in [3.05, 3.63) is 66.1 Å². The van der Waals surface area contributed by atoms with Gasteiger partial charge >= 0.3 is 0 Å². The van der Waals surface area contributed by atoms with Crippen LogP contribution in [0.5, 0.6) is 0 Å². The standard InChI is InChI=1S/C18H12FN7/c1-11-7-16(23-10-22-11)24-18-13-9-26(25-15(13)5-6-21-18)17-12(8-20)3-2-4-14(17)19/h2-7,9-10H,1H3,(H,21,22,23,24). The summed E-state index contributed by atoms with van der Waals surface area (Å²) in [7, 11) is 0. The molecular weight excluding hydrogens is 333 g/mol. The Labute approximate surface area is 147 Å². The number of nitriles is 1. The summed E-state index contributed by atoms with van der Waals surface area (Å²) >= 11 is 0. The first kappa shape index (κ1) is 15.7. The minimum Gasteiger partial charge on any atom is -0.324 e. The molecule has 4 rings (SSSR count). The third kappa shape index (κ3) is 2.71. The van der Waals surface area contributed by atoms with Crippen LogP contribution in [0, 0.1) is 24.1 Å². The minimum atomic E-state index is -0.522. The highest BCUT2D eigenvalue weighted by Crippen LogP contribution is 2.26. The van der Waals surface area contributed by atoms with Gasteiger partial charge in [-0.05, 0) is 25.1 Å². The predicted octanol–water partition coefficient (Wildman–Crippen LogP) is 3.27. The van der Waals surface area contributed by atoms with Gasteiger partial charge < -0.3 is 5.32 Å². The predicted molar refractivity (Wildman–Crippen MR) is 93.6 cm³/mol. The molecule has 4 aromatic rings. The number of pyridine rings is 1. The lowest BCUT2D eigenvalue weighted by atomic mass is 10.2. The van der Waals surface area contributed by atoms with Gasteiger partial charge in [0, 0.05) is 24.2 Å². The lowest BCUT2D eigenvalue weighted by molar-refractivity contribution is 0.611. The van der Waals surface area contributed by atoms with Crippen molar-refractivity contribution < 1.29 is 4.39 Å². The first-order valence-electron chi connectivity index (χ1n) is 7.75. The second-order valence-corrected chi connectivity index (χ2v) is 5.58. The van der Waals surface area contributed by atoms with E-state index < -0.39 is 5.82 Å². The average molecular weight is 345 g/mol. The van der Waals surface area contributed by atoms with Gasteiger partial charge in [0.1, 0.15) is 35.5 Å². The topological polar surface area (TPSA) is 92.3 Å². The molecule has 0 saturated carbocycles. The summed E-state index contributed by atoms with van der Waals surface area (Å²) in [5.41, 5.74) is 1.73. The highest BCUT2D eigenvalue weighted by Gasteiger charge is 2.15. The number of nitrogens with one attached hydrogen (secondary N) is 1. The number of aryl methyl sites for hydroxylation is 1. The Morgan fingerprint density at radius 2 is 2.08 bits per heavy atom. The fourth-order valence-electron chi connectivity index (χ4n) is 2.64. The molecule has 126 valence electrons. The SMILES string of the molecule is Cc1cc(Nc2nccc3nn(-c4c(F)cccc4C#N)cc23)ncn1. The number of aromatic nitrogens is 5. The van der Waals surface area contributed by atoms with Gasteiger partial charge in [-0.3, -0.25) is 0 Å². The monoisotopic (exact) mass is 345 g/mol. The summed E-state index contributed by atoms with van der Waals surface area (Å²) in [6, 6.07) is 9.83. The Morgan fingerprint density at radius 1 is 1.19 bits per heavy atom. The fraction of sp³-hybridized carbons (Fsp3) is 0.0556. The molecule has 0 unspecified atom stereocenters. The van der Waals surface area contributed by atoms with Crippen molar-refractivity contribution in [2.75, 3.05) is 5.32 Å². The van der Waals surface area contributed by atoms with Crippen LogP contribution in [0.3, 0.4) is 0 Å². The van der Waals surface area contributed by atoms with Crippen LogP contribution in [-0.4, -0.2) is 24.7 Å². The number of rotatable bonds is 3. The first-order chi connectivity index (χ1) is 12.7. The van der Waals surface area contributed by atoms with Gasteiger partial charge in [-0.1, -0.05) is 6.07 Å². The molecular formula is C18H12FN7. The third-order valence-corrected chi connectivity index (χ3v) is 3.82. The van der Waals surface area contributed by atoms with E-state index in [0.29, 0.717) is 22.5 Å². The molecule has 0 saturated heterocycles. The van der Waals surface area contributed by atoms with E-state index in [1.807, 2.05) is 13.0 Å². The maximum atomic E-state index is 14.3. The molecule has 0 fully saturated rings. The van der Waals surface area contributed by atoms with Crippen LogP contribution in [0.15, 0.2) is 49.1 Å². The van der Waals surface area contributed by atoms with Crippen LogP contribution in [0.25, 0.3) is 16.6 Å². The Morgan fingerprint density at radius 3 is 2.88 bits per heavy atom. The van der Waals surface area contributed by atoms with Gasteiger partial charge in [0.2, 0.25) is 0 Å². The highest BCUT2D eigenvalue weighted by atomic mass is 19.1. The van der Waals surface area contributed by atoms with Crippen LogP contribution < -0.4 is 5.32 Å². The molecule has 1 aromatic carbocycles. The first-order valence-corrected chi connectivity index (χ1v) is 7.75. The number of hydrogen-bond acceptors (Lipinski definition) is 6. The number of para-hydroxylation sites is 1. The molecule has 1 N–H and O–H groups in total. The molecule has 7 nitrogen and oxygen atoms in total. The zero-order valence-electron chi connectivity index (χ0n) is 13.7. The normalized spacial score (nSPS) is 10.7. The summed E-state index contributed by atoms with van der Waals surface area (Å²) < 4.78 is 15.6. The van der Waals surface area contributed by atoms with E-state index in [9.17, 15) is 9.65 Å². The molecule has 0 aliphatic heterocycles. The smallest absolute Gasteiger partial charge is 0.150 e. The molecule has 0 aliphatic rings. The Hall–Kier alpha value is -3.86. The molecule has 0 amide bonds. The van der Waals surface area contributed by atoms with E-state index in [4.69, 9.17) is 0 Å². The molecule has 3 aromatic heterocycles. The Balaban J connectivity index is 1.83. The number of nitrogens with zero attached hydrogens (tertiary/aromatic N) is 6. The zero-order chi connectivity index (χ0) is 18.1. The summed E-state index contributed by atoms with van der Waals surface area (Å²) in [6.45, 7) is 1.86. The van der Waals surface area contributed by atoms with Crippen LogP contribution >= 0.6 is 0 Å². The quantitative estimate of drug-likeness (QED) is 0.612. The van der Waals surface area contributed by atoms with Crippen molar-refractivity contribution in [2.24, 2.45) is 0 Å². The van der Waals surface area contributed by atoms with E-state index >= 15 is 0 Å². The maximum Gasteiger partial charge on any atom is 0.150 e. The summed E-state index contributed by atoms with van der Waals surface area (Å²) in [5.74, 6) is 0.598. The largest absolute Gasteiger partial charge is 0.324 e. The molecule has 8 heteroatoms. The molecule has 0 atom stereocenters. The van der Waals surface area contributed by atoms with Gasteiger partial charge in [0.25, 0.3) is 0 Å². The minimum absolute atomic E-state index is 0.107. The zero-order valence-corrected chi connectivity index (χ0v) is 13.7. The lowest BCUT2D eigenvalue weighted by Crippen LogP contribution is -2.01. The van der Waals surface area contributed by atoms with E-state index in [-0.39, 0.29) is 11.3 Å². The van der Waals surface area contributed by atoms with Crippen molar-refractivity contribution in [1.82, 2.24) is 24.7 Å². The second kappa shape index (κ2) is 6.22. The maximum absolute atomic E-state index is 14.3. The lowest BCUT2D eigenvalue weighted by Gasteiger charge is -2.05. The number of halogens is 1. The van der Waals surface area contributed by atoms with Gasteiger partial charge in [-0.25, -0.2) is 24.0 Å². The molecule has 3 heterocycles. The van der Waals surface area contributed by atoms with Crippen molar-refractivity contribution in [3.8, 4) is 11.8 Å². The van der Waals surface area contributed by atoms with Crippen molar-refractivity contribution in [1.29, 1.82) is 5.26 Å². The fourth-order valence-corrected chi connectivity index (χ4v) is 2.64. The molecule has 0 spiro atoms. The van der Waals surface area contributed by atoms with E-state index in [0.717, 1.165) is 5.69 Å². The number of fused-ring (bicyclic) bond motifs is 1.